The van der Waals surface area contributed by atoms with Gasteiger partial charge in [-0.15, -0.1) is 0 Å². The number of carbonyl (C=O) groups is 1. The van der Waals surface area contributed by atoms with Gasteiger partial charge in [-0.1, -0.05) is 6.92 Å². The van der Waals surface area contributed by atoms with Crippen LogP contribution in [0.15, 0.2) is 0 Å². The van der Waals surface area contributed by atoms with E-state index in [1.807, 2.05) is 6.92 Å². The molecule has 4 heteroatoms. The van der Waals surface area contributed by atoms with Crippen molar-refractivity contribution in [1.29, 1.82) is 0 Å². The van der Waals surface area contributed by atoms with Gasteiger partial charge in [-0.2, -0.15) is 0 Å². The van der Waals surface area contributed by atoms with Crippen LogP contribution in [0.4, 0.5) is 0 Å². The van der Waals surface area contributed by atoms with Gasteiger partial charge in [-0.3, -0.25) is 4.79 Å². The highest BCUT2D eigenvalue weighted by Crippen LogP contribution is 1.99. The zero-order valence-corrected chi connectivity index (χ0v) is 8.63. The summed E-state index contributed by atoms with van der Waals surface area (Å²) in [6, 6.07) is 0. The van der Waals surface area contributed by atoms with Crippen molar-refractivity contribution in [1.82, 2.24) is 0 Å². The highest BCUT2D eigenvalue weighted by Gasteiger charge is 2.23. The lowest BCUT2D eigenvalue weighted by Gasteiger charge is -2.16. The van der Waals surface area contributed by atoms with Gasteiger partial charge in [-0.05, 0) is 20.3 Å². The summed E-state index contributed by atoms with van der Waals surface area (Å²) in [6.07, 6.45) is 0.969. The lowest BCUT2D eigenvalue weighted by molar-refractivity contribution is -0.150. The van der Waals surface area contributed by atoms with Crippen LogP contribution in [0.2, 0.25) is 0 Å². The van der Waals surface area contributed by atoms with Crippen molar-refractivity contribution >= 4 is 5.97 Å². The Balaban J connectivity index is 3.38. The Hall–Kier alpha value is -0.610. The summed E-state index contributed by atoms with van der Waals surface area (Å²) < 4.78 is 9.99. The molecule has 78 valence electrons. The zero-order valence-electron chi connectivity index (χ0n) is 8.63. The summed E-state index contributed by atoms with van der Waals surface area (Å²) in [6.45, 7) is 6.66. The summed E-state index contributed by atoms with van der Waals surface area (Å²) in [5.41, 5.74) is 4.59. The average Bonchev–Trinajstić information content (AvgIpc) is 2.02. The van der Waals surface area contributed by atoms with E-state index in [1.54, 1.807) is 13.8 Å². The molecule has 0 rings (SSSR count). The van der Waals surface area contributed by atoms with E-state index in [-0.39, 0.29) is 6.61 Å². The molecule has 2 N–H and O–H groups in total. The number of hydrogen-bond acceptors (Lipinski definition) is 4. The van der Waals surface area contributed by atoms with E-state index in [1.165, 1.54) is 0 Å². The lowest BCUT2D eigenvalue weighted by atomic mass is 10.1. The predicted molar refractivity (Wildman–Crippen MR) is 50.3 cm³/mol. The first-order valence-electron chi connectivity index (χ1n) is 4.52. The van der Waals surface area contributed by atoms with Crippen molar-refractivity contribution in [2.45, 2.75) is 32.7 Å². The van der Waals surface area contributed by atoms with Crippen LogP contribution in [0.3, 0.4) is 0 Å². The molecule has 0 aromatic carbocycles. The Bertz CT molecular complexity index is 151. The van der Waals surface area contributed by atoms with Crippen LogP contribution >= 0.6 is 0 Å². The molecule has 0 heterocycles. The van der Waals surface area contributed by atoms with Crippen molar-refractivity contribution < 1.29 is 14.3 Å². The van der Waals surface area contributed by atoms with Crippen LogP contribution in [-0.4, -0.2) is 31.3 Å². The predicted octanol–water partition coefficient (Wildman–Crippen LogP) is 0.694. The summed E-state index contributed by atoms with van der Waals surface area (Å²) in [5.74, 6) is -0.396. The number of nitrogens with two attached hydrogens (primary N) is 1. The number of esters is 1. The molecular formula is C9H19NO3. The molecule has 13 heavy (non-hydrogen) atoms. The van der Waals surface area contributed by atoms with Gasteiger partial charge in [0.1, 0.15) is 12.1 Å². The molecule has 0 amide bonds. The van der Waals surface area contributed by atoms with Crippen LogP contribution in [0.5, 0.6) is 0 Å². The molecule has 0 atom stereocenters. The van der Waals surface area contributed by atoms with Crippen LogP contribution in [0, 0.1) is 0 Å². The van der Waals surface area contributed by atoms with Gasteiger partial charge in [0, 0.05) is 6.61 Å². The van der Waals surface area contributed by atoms with Gasteiger partial charge in [0.25, 0.3) is 0 Å². The molecule has 0 fully saturated rings. The molecule has 0 aliphatic heterocycles. The summed E-state index contributed by atoms with van der Waals surface area (Å²) in [7, 11) is 0. The normalized spacial score (nSPS) is 11.4. The molecule has 0 spiro atoms. The second-order valence-electron chi connectivity index (χ2n) is 3.47. The lowest BCUT2D eigenvalue weighted by Crippen LogP contribution is -2.43. The highest BCUT2D eigenvalue weighted by atomic mass is 16.6. The quantitative estimate of drug-likeness (QED) is 0.493. The number of ether oxygens (including phenoxy) is 2. The highest BCUT2D eigenvalue weighted by molar-refractivity contribution is 5.79. The number of rotatable bonds is 6. The van der Waals surface area contributed by atoms with Crippen molar-refractivity contribution in [3.8, 4) is 0 Å². The SMILES string of the molecule is CCCOCCOC(=O)C(C)(C)N. The minimum Gasteiger partial charge on any atom is -0.462 e. The molecule has 0 aliphatic carbocycles. The Kier molecular flexibility index (Phi) is 5.66. The van der Waals surface area contributed by atoms with Crippen molar-refractivity contribution in [3.63, 3.8) is 0 Å². The first kappa shape index (κ1) is 12.4. The van der Waals surface area contributed by atoms with E-state index in [4.69, 9.17) is 15.2 Å². The minimum absolute atomic E-state index is 0.277. The molecular weight excluding hydrogens is 170 g/mol. The second-order valence-corrected chi connectivity index (χ2v) is 3.47. The second kappa shape index (κ2) is 5.94. The largest absolute Gasteiger partial charge is 0.462 e. The van der Waals surface area contributed by atoms with Gasteiger partial charge < -0.3 is 15.2 Å². The standard InChI is InChI=1S/C9H19NO3/c1-4-5-12-6-7-13-8(11)9(2,3)10/h4-7,10H2,1-3H3. The Morgan fingerprint density at radius 2 is 1.92 bits per heavy atom. The maximum atomic E-state index is 11.1. The van der Waals surface area contributed by atoms with E-state index in [2.05, 4.69) is 0 Å². The fourth-order valence-electron chi connectivity index (χ4n) is 0.626. The topological polar surface area (TPSA) is 61.5 Å². The monoisotopic (exact) mass is 189 g/mol. The van der Waals surface area contributed by atoms with Crippen LogP contribution in [0.25, 0.3) is 0 Å². The van der Waals surface area contributed by atoms with E-state index in [0.29, 0.717) is 13.2 Å². The van der Waals surface area contributed by atoms with Crippen molar-refractivity contribution in [3.05, 3.63) is 0 Å². The van der Waals surface area contributed by atoms with Crippen molar-refractivity contribution in [2.24, 2.45) is 5.73 Å². The molecule has 0 unspecified atom stereocenters. The van der Waals surface area contributed by atoms with Gasteiger partial charge >= 0.3 is 5.97 Å². The smallest absolute Gasteiger partial charge is 0.325 e. The Labute approximate surface area is 79.4 Å². The zero-order chi connectivity index (χ0) is 10.3. The molecule has 0 aromatic heterocycles. The fraction of sp³-hybridized carbons (Fsp3) is 0.889. The van der Waals surface area contributed by atoms with E-state index in [0.717, 1.165) is 6.42 Å². The maximum absolute atomic E-state index is 11.1. The number of carbonyl (C=O) groups excluding carboxylic acids is 1. The molecule has 0 bridgehead atoms. The first-order valence-corrected chi connectivity index (χ1v) is 4.52. The van der Waals surface area contributed by atoms with Crippen LogP contribution in [-0.2, 0) is 14.3 Å². The van der Waals surface area contributed by atoms with Gasteiger partial charge in [0.05, 0.1) is 6.61 Å². The van der Waals surface area contributed by atoms with Gasteiger partial charge in [-0.25, -0.2) is 0 Å². The average molecular weight is 189 g/mol. The van der Waals surface area contributed by atoms with Crippen molar-refractivity contribution in [2.75, 3.05) is 19.8 Å². The Morgan fingerprint density at radius 3 is 2.38 bits per heavy atom. The number of hydrogen-bond donors (Lipinski definition) is 1. The third-order valence-electron chi connectivity index (χ3n) is 1.34. The van der Waals surface area contributed by atoms with Crippen LogP contribution in [0.1, 0.15) is 27.2 Å². The summed E-state index contributed by atoms with van der Waals surface area (Å²) in [5, 5.41) is 0. The Morgan fingerprint density at radius 1 is 1.31 bits per heavy atom. The first-order chi connectivity index (χ1) is 5.98. The summed E-state index contributed by atoms with van der Waals surface area (Å²) in [4.78, 5) is 11.1. The van der Waals surface area contributed by atoms with Crippen LogP contribution < -0.4 is 5.73 Å². The third-order valence-corrected chi connectivity index (χ3v) is 1.34. The van der Waals surface area contributed by atoms with E-state index in [9.17, 15) is 4.79 Å². The summed E-state index contributed by atoms with van der Waals surface area (Å²) >= 11 is 0. The minimum atomic E-state index is -0.912. The van der Waals surface area contributed by atoms with Gasteiger partial charge in [0.15, 0.2) is 0 Å². The van der Waals surface area contributed by atoms with E-state index >= 15 is 0 Å². The molecule has 0 radical (unpaired) electrons. The molecule has 0 saturated carbocycles. The molecule has 0 saturated heterocycles. The fourth-order valence-corrected chi connectivity index (χ4v) is 0.626. The molecule has 0 aromatic rings. The third kappa shape index (κ3) is 6.54. The van der Waals surface area contributed by atoms with Gasteiger partial charge in [0.2, 0.25) is 0 Å². The van der Waals surface area contributed by atoms with E-state index < -0.39 is 11.5 Å². The maximum Gasteiger partial charge on any atom is 0.325 e. The molecule has 4 nitrogen and oxygen atoms in total. The molecule has 0 aliphatic rings.